The molecule has 98 valence electrons. The van der Waals surface area contributed by atoms with Gasteiger partial charge < -0.3 is 10.6 Å². The summed E-state index contributed by atoms with van der Waals surface area (Å²) >= 11 is 0. The first-order valence-corrected chi connectivity index (χ1v) is 6.81. The predicted molar refractivity (Wildman–Crippen MR) is 71.4 cm³/mol. The lowest BCUT2D eigenvalue weighted by Gasteiger charge is -2.29. The van der Waals surface area contributed by atoms with Crippen LogP contribution in [0.2, 0.25) is 0 Å². The van der Waals surface area contributed by atoms with Crippen LogP contribution in [0.3, 0.4) is 0 Å². The maximum atomic E-state index is 8.68. The van der Waals surface area contributed by atoms with E-state index >= 15 is 0 Å². The largest absolute Gasteiger partial charge is 0.316 e. The first-order chi connectivity index (χ1) is 7.93. The molecule has 1 aliphatic rings. The molecule has 0 saturated carbocycles. The fourth-order valence-corrected chi connectivity index (χ4v) is 2.63. The standard InChI is InChI=1S/C14H27N3/c1-14(2,3)12-5-4-8-17(9-6-12)10-7-13(16)11-15/h12-13H,4-10,16H2,1-3H3. The van der Waals surface area contributed by atoms with Crippen molar-refractivity contribution < 1.29 is 0 Å². The van der Waals surface area contributed by atoms with Gasteiger partial charge in [-0.05, 0) is 50.1 Å². The molecule has 3 heteroatoms. The zero-order valence-corrected chi connectivity index (χ0v) is 11.6. The average Bonchev–Trinajstić information content (AvgIpc) is 2.50. The number of nitrogens with zero attached hydrogens (tertiary/aromatic N) is 2. The minimum Gasteiger partial charge on any atom is -0.316 e. The molecule has 2 N–H and O–H groups in total. The van der Waals surface area contributed by atoms with Crippen molar-refractivity contribution in [1.82, 2.24) is 4.90 Å². The maximum absolute atomic E-state index is 8.68. The maximum Gasteiger partial charge on any atom is 0.0940 e. The highest BCUT2D eigenvalue weighted by molar-refractivity contribution is 4.87. The highest BCUT2D eigenvalue weighted by atomic mass is 15.1. The second kappa shape index (κ2) is 6.37. The topological polar surface area (TPSA) is 53.0 Å². The number of likely N-dealkylation sites (tertiary alicyclic amines) is 1. The minimum atomic E-state index is -0.295. The lowest BCUT2D eigenvalue weighted by atomic mass is 9.77. The molecule has 0 spiro atoms. The summed E-state index contributed by atoms with van der Waals surface area (Å²) in [5.74, 6) is 0.831. The molecule has 1 heterocycles. The quantitative estimate of drug-likeness (QED) is 0.820. The number of rotatable bonds is 3. The smallest absolute Gasteiger partial charge is 0.0940 e. The van der Waals surface area contributed by atoms with Gasteiger partial charge in [-0.25, -0.2) is 0 Å². The van der Waals surface area contributed by atoms with Gasteiger partial charge in [0.15, 0.2) is 0 Å². The van der Waals surface area contributed by atoms with E-state index in [4.69, 9.17) is 11.0 Å². The van der Waals surface area contributed by atoms with E-state index in [0.29, 0.717) is 5.41 Å². The van der Waals surface area contributed by atoms with Crippen LogP contribution in [0.5, 0.6) is 0 Å². The van der Waals surface area contributed by atoms with Gasteiger partial charge in [0.25, 0.3) is 0 Å². The lowest BCUT2D eigenvalue weighted by Crippen LogP contribution is -2.31. The molecule has 0 aromatic carbocycles. The Labute approximate surface area is 106 Å². The Morgan fingerprint density at radius 2 is 2.06 bits per heavy atom. The first kappa shape index (κ1) is 14.5. The van der Waals surface area contributed by atoms with Crippen molar-refractivity contribution in [3.8, 4) is 6.07 Å². The fraction of sp³-hybridized carbons (Fsp3) is 0.929. The fourth-order valence-electron chi connectivity index (χ4n) is 2.63. The van der Waals surface area contributed by atoms with Gasteiger partial charge in [0.2, 0.25) is 0 Å². The van der Waals surface area contributed by atoms with Gasteiger partial charge in [0.05, 0.1) is 12.1 Å². The second-order valence-corrected chi connectivity index (χ2v) is 6.36. The summed E-state index contributed by atoms with van der Waals surface area (Å²) in [6, 6.07) is 1.81. The Bertz CT molecular complexity index is 262. The summed E-state index contributed by atoms with van der Waals surface area (Å²) < 4.78 is 0. The van der Waals surface area contributed by atoms with Crippen LogP contribution in [0.25, 0.3) is 0 Å². The Morgan fingerprint density at radius 3 is 2.65 bits per heavy atom. The van der Waals surface area contributed by atoms with Gasteiger partial charge >= 0.3 is 0 Å². The highest BCUT2D eigenvalue weighted by Gasteiger charge is 2.26. The molecule has 0 aromatic heterocycles. The third-order valence-corrected chi connectivity index (χ3v) is 3.97. The van der Waals surface area contributed by atoms with Gasteiger partial charge in [0.1, 0.15) is 0 Å². The molecule has 2 atom stereocenters. The van der Waals surface area contributed by atoms with Crippen molar-refractivity contribution in [1.29, 1.82) is 5.26 Å². The summed E-state index contributed by atoms with van der Waals surface area (Å²) in [6.07, 6.45) is 4.70. The van der Waals surface area contributed by atoms with E-state index in [9.17, 15) is 0 Å². The molecule has 0 amide bonds. The van der Waals surface area contributed by atoms with Crippen molar-refractivity contribution in [3.63, 3.8) is 0 Å². The van der Waals surface area contributed by atoms with E-state index in [1.165, 1.54) is 32.4 Å². The van der Waals surface area contributed by atoms with Crippen LogP contribution >= 0.6 is 0 Å². The number of nitriles is 1. The van der Waals surface area contributed by atoms with Crippen LogP contribution < -0.4 is 5.73 Å². The molecule has 2 unspecified atom stereocenters. The Balaban J connectivity index is 2.36. The van der Waals surface area contributed by atoms with Gasteiger partial charge in [0, 0.05) is 6.54 Å². The van der Waals surface area contributed by atoms with Gasteiger partial charge in [-0.3, -0.25) is 0 Å². The van der Waals surface area contributed by atoms with Crippen molar-refractivity contribution >= 4 is 0 Å². The zero-order chi connectivity index (χ0) is 12.9. The van der Waals surface area contributed by atoms with Crippen LogP contribution in [-0.2, 0) is 0 Å². The van der Waals surface area contributed by atoms with E-state index in [2.05, 4.69) is 31.7 Å². The molecule has 0 radical (unpaired) electrons. The molecule has 1 saturated heterocycles. The van der Waals surface area contributed by atoms with E-state index in [1.807, 2.05) is 0 Å². The Morgan fingerprint density at radius 1 is 1.35 bits per heavy atom. The van der Waals surface area contributed by atoms with Crippen molar-refractivity contribution in [3.05, 3.63) is 0 Å². The van der Waals surface area contributed by atoms with Gasteiger partial charge in [-0.2, -0.15) is 5.26 Å². The van der Waals surface area contributed by atoms with E-state index < -0.39 is 0 Å². The van der Waals surface area contributed by atoms with Crippen molar-refractivity contribution in [2.24, 2.45) is 17.1 Å². The molecular weight excluding hydrogens is 210 g/mol. The van der Waals surface area contributed by atoms with E-state index in [-0.39, 0.29) is 6.04 Å². The zero-order valence-electron chi connectivity index (χ0n) is 11.6. The monoisotopic (exact) mass is 237 g/mol. The predicted octanol–water partition coefficient (Wildman–Crippen LogP) is 2.38. The molecule has 17 heavy (non-hydrogen) atoms. The third-order valence-electron chi connectivity index (χ3n) is 3.97. The first-order valence-electron chi connectivity index (χ1n) is 6.81. The second-order valence-electron chi connectivity index (χ2n) is 6.36. The summed E-state index contributed by atoms with van der Waals surface area (Å²) in [5, 5.41) is 8.68. The van der Waals surface area contributed by atoms with Gasteiger partial charge in [-0.15, -0.1) is 0 Å². The molecule has 0 bridgehead atoms. The minimum absolute atomic E-state index is 0.295. The number of nitrogens with two attached hydrogens (primary N) is 1. The number of hydrogen-bond donors (Lipinski definition) is 1. The summed E-state index contributed by atoms with van der Waals surface area (Å²) in [5.41, 5.74) is 6.07. The van der Waals surface area contributed by atoms with Crippen molar-refractivity contribution in [2.75, 3.05) is 19.6 Å². The summed E-state index contributed by atoms with van der Waals surface area (Å²) in [6.45, 7) is 10.4. The van der Waals surface area contributed by atoms with Crippen LogP contribution in [0.4, 0.5) is 0 Å². The Kier molecular flexibility index (Phi) is 5.42. The van der Waals surface area contributed by atoms with E-state index in [0.717, 1.165) is 18.9 Å². The van der Waals surface area contributed by atoms with Crippen LogP contribution in [0, 0.1) is 22.7 Å². The molecule has 1 aliphatic heterocycles. The third kappa shape index (κ3) is 5.06. The molecular formula is C14H27N3. The molecule has 3 nitrogen and oxygen atoms in total. The summed E-state index contributed by atoms with van der Waals surface area (Å²) in [7, 11) is 0. The van der Waals surface area contributed by atoms with E-state index in [1.54, 1.807) is 0 Å². The van der Waals surface area contributed by atoms with Gasteiger partial charge in [-0.1, -0.05) is 20.8 Å². The normalized spacial score (nSPS) is 25.0. The van der Waals surface area contributed by atoms with Crippen LogP contribution in [0.1, 0.15) is 46.5 Å². The molecule has 1 rings (SSSR count). The number of hydrogen-bond acceptors (Lipinski definition) is 3. The summed E-state index contributed by atoms with van der Waals surface area (Å²) in [4.78, 5) is 2.48. The van der Waals surface area contributed by atoms with Crippen LogP contribution in [0.15, 0.2) is 0 Å². The lowest BCUT2D eigenvalue weighted by molar-refractivity contribution is 0.207. The molecule has 0 aromatic rings. The molecule has 0 aliphatic carbocycles. The highest BCUT2D eigenvalue weighted by Crippen LogP contribution is 2.34. The van der Waals surface area contributed by atoms with Crippen molar-refractivity contribution in [2.45, 2.75) is 52.5 Å². The Hall–Kier alpha value is -0.590. The molecule has 1 fully saturated rings. The average molecular weight is 237 g/mol. The van der Waals surface area contributed by atoms with Crippen LogP contribution in [-0.4, -0.2) is 30.6 Å². The SMILES string of the molecule is CC(C)(C)C1CCCN(CCC(N)C#N)CC1.